The van der Waals surface area contributed by atoms with Crippen LogP contribution in [0.15, 0.2) is 72.9 Å². The minimum absolute atomic E-state index is 0.00565. The van der Waals surface area contributed by atoms with Crippen molar-refractivity contribution in [2.75, 3.05) is 34.6 Å². The highest BCUT2D eigenvalue weighted by molar-refractivity contribution is 8.00. The van der Waals surface area contributed by atoms with Gasteiger partial charge in [-0.1, -0.05) is 24.6 Å². The number of aryl methyl sites for hydroxylation is 1. The fourth-order valence-corrected chi connectivity index (χ4v) is 5.04. The summed E-state index contributed by atoms with van der Waals surface area (Å²) in [5.41, 5.74) is 3.57. The summed E-state index contributed by atoms with van der Waals surface area (Å²) >= 11 is 1.89. The minimum atomic E-state index is -0.622. The summed E-state index contributed by atoms with van der Waals surface area (Å²) < 4.78 is 12.2. The maximum Gasteiger partial charge on any atom is 0.412 e. The van der Waals surface area contributed by atoms with Crippen LogP contribution >= 0.6 is 11.8 Å². The zero-order valence-corrected chi connectivity index (χ0v) is 22.5. The zero-order valence-electron chi connectivity index (χ0n) is 21.7. The maximum absolute atomic E-state index is 12.9. The molecular weight excluding hydrogens is 516 g/mol. The molecule has 3 heterocycles. The number of hydrogen-bond donors (Lipinski definition) is 3. The van der Waals surface area contributed by atoms with Gasteiger partial charge in [-0.3, -0.25) is 10.6 Å². The highest BCUT2D eigenvalue weighted by Crippen LogP contribution is 2.41. The van der Waals surface area contributed by atoms with Gasteiger partial charge in [-0.05, 0) is 49.4 Å². The predicted octanol–water partition coefficient (Wildman–Crippen LogP) is 6.19. The molecule has 1 fully saturated rings. The fourth-order valence-electron chi connectivity index (χ4n) is 3.92. The molecule has 2 aromatic carbocycles. The van der Waals surface area contributed by atoms with Gasteiger partial charge in [0.2, 0.25) is 0 Å². The molecule has 10 nitrogen and oxygen atoms in total. The van der Waals surface area contributed by atoms with Crippen molar-refractivity contribution in [2.24, 2.45) is 0 Å². The topological polar surface area (TPSA) is 119 Å². The number of thioether (sulfide) groups is 1. The van der Waals surface area contributed by atoms with Gasteiger partial charge in [-0.15, -0.1) is 0 Å². The maximum atomic E-state index is 12.9. The second-order valence-corrected chi connectivity index (χ2v) is 10.4. The first kappa shape index (κ1) is 26.1. The van der Waals surface area contributed by atoms with Crippen molar-refractivity contribution in [2.45, 2.75) is 19.3 Å². The van der Waals surface area contributed by atoms with Crippen molar-refractivity contribution in [3.8, 4) is 17.2 Å². The van der Waals surface area contributed by atoms with Crippen LogP contribution in [0.25, 0.3) is 5.69 Å². The van der Waals surface area contributed by atoms with E-state index in [-0.39, 0.29) is 11.4 Å². The Kier molecular flexibility index (Phi) is 7.42. The Balaban J connectivity index is 1.26. The molecule has 39 heavy (non-hydrogen) atoms. The Bertz CT molecular complexity index is 1480. The Morgan fingerprint density at radius 3 is 2.36 bits per heavy atom. The molecule has 0 atom stereocenters. The molecular formula is C28H28N6O4S. The lowest BCUT2D eigenvalue weighted by Gasteiger charge is -2.35. The molecule has 3 amide bonds. The molecule has 5 rings (SSSR count). The van der Waals surface area contributed by atoms with Crippen LogP contribution in [-0.2, 0) is 10.2 Å². The van der Waals surface area contributed by atoms with Gasteiger partial charge in [0, 0.05) is 40.9 Å². The molecule has 0 unspecified atom stereocenters. The predicted molar refractivity (Wildman–Crippen MR) is 152 cm³/mol. The highest BCUT2D eigenvalue weighted by atomic mass is 32.2. The van der Waals surface area contributed by atoms with E-state index in [0.717, 1.165) is 28.5 Å². The average molecular weight is 545 g/mol. The third-order valence-electron chi connectivity index (χ3n) is 6.18. The lowest BCUT2D eigenvalue weighted by Crippen LogP contribution is -2.37. The van der Waals surface area contributed by atoms with Crippen molar-refractivity contribution in [1.29, 1.82) is 0 Å². The Morgan fingerprint density at radius 2 is 1.69 bits per heavy atom. The molecule has 0 bridgehead atoms. The van der Waals surface area contributed by atoms with Crippen LogP contribution in [0.4, 0.5) is 26.9 Å². The van der Waals surface area contributed by atoms with Gasteiger partial charge >= 0.3 is 12.1 Å². The minimum Gasteiger partial charge on any atom is -0.457 e. The van der Waals surface area contributed by atoms with E-state index in [4.69, 9.17) is 9.84 Å². The molecule has 0 aliphatic carbocycles. The average Bonchev–Trinajstić information content (AvgIpc) is 3.32. The van der Waals surface area contributed by atoms with Gasteiger partial charge in [0.25, 0.3) is 0 Å². The molecule has 2 aromatic heterocycles. The first-order valence-electron chi connectivity index (χ1n) is 12.2. The van der Waals surface area contributed by atoms with E-state index < -0.39 is 6.09 Å². The number of methoxy groups -OCH3 is 1. The van der Waals surface area contributed by atoms with Crippen LogP contribution in [-0.4, -0.2) is 45.5 Å². The van der Waals surface area contributed by atoms with Gasteiger partial charge in [-0.25, -0.2) is 19.3 Å². The highest BCUT2D eigenvalue weighted by Gasteiger charge is 2.37. The number of aromatic nitrogens is 3. The third kappa shape index (κ3) is 6.15. The molecule has 0 radical (unpaired) electrons. The SMILES string of the molecule is COC(=O)Nc1cc(Oc2ccc(NC(=O)Nc3cc(C4(C)CSC4)nn3-c3ccc(C)cc3)cc2)ccn1. The quantitative estimate of drug-likeness (QED) is 0.254. The summed E-state index contributed by atoms with van der Waals surface area (Å²) in [6, 6.07) is 19.8. The van der Waals surface area contributed by atoms with E-state index in [1.54, 1.807) is 41.1 Å². The Labute approximate surface area is 230 Å². The summed E-state index contributed by atoms with van der Waals surface area (Å²) in [6.07, 6.45) is 0.889. The number of nitrogens with zero attached hydrogens (tertiary/aromatic N) is 3. The van der Waals surface area contributed by atoms with E-state index in [1.807, 2.05) is 49.0 Å². The van der Waals surface area contributed by atoms with Gasteiger partial charge in [0.05, 0.1) is 18.5 Å². The number of carbonyl (C=O) groups excluding carboxylic acids is 2. The molecule has 0 spiro atoms. The Hall–Kier alpha value is -4.51. The molecule has 11 heteroatoms. The second-order valence-electron chi connectivity index (χ2n) is 9.41. The van der Waals surface area contributed by atoms with Gasteiger partial charge in [-0.2, -0.15) is 16.9 Å². The normalized spacial score (nSPS) is 13.6. The third-order valence-corrected chi connectivity index (χ3v) is 7.87. The standard InChI is InChI=1S/C28H28N6O4S/c1-18-4-8-20(9-5-18)34-25(15-23(33-34)28(2)16-39-17-28)32-26(35)30-19-6-10-21(11-7-19)38-22-12-13-29-24(14-22)31-27(36)37-3/h4-15H,16-17H2,1-3H3,(H,29,31,36)(H2,30,32,35). The van der Waals surface area contributed by atoms with Crippen molar-refractivity contribution in [1.82, 2.24) is 14.8 Å². The van der Waals surface area contributed by atoms with Gasteiger partial charge < -0.3 is 14.8 Å². The fraction of sp³-hybridized carbons (Fsp3) is 0.214. The van der Waals surface area contributed by atoms with Gasteiger partial charge in [0.15, 0.2) is 0 Å². The molecule has 1 aliphatic rings. The van der Waals surface area contributed by atoms with Crippen LogP contribution in [0.3, 0.4) is 0 Å². The number of pyridine rings is 1. The number of anilines is 3. The molecule has 200 valence electrons. The first-order valence-corrected chi connectivity index (χ1v) is 13.4. The number of urea groups is 1. The van der Waals surface area contributed by atoms with Crippen molar-refractivity contribution in [3.63, 3.8) is 0 Å². The van der Waals surface area contributed by atoms with E-state index in [1.165, 1.54) is 13.3 Å². The number of ether oxygens (including phenoxy) is 2. The van der Waals surface area contributed by atoms with E-state index >= 15 is 0 Å². The van der Waals surface area contributed by atoms with E-state index in [9.17, 15) is 9.59 Å². The smallest absolute Gasteiger partial charge is 0.412 e. The summed E-state index contributed by atoms with van der Waals surface area (Å²) in [4.78, 5) is 28.4. The van der Waals surface area contributed by atoms with E-state index in [2.05, 4.69) is 32.6 Å². The number of benzene rings is 2. The van der Waals surface area contributed by atoms with Crippen LogP contribution in [0.2, 0.25) is 0 Å². The number of amides is 3. The molecule has 3 N–H and O–H groups in total. The van der Waals surface area contributed by atoms with Crippen molar-refractivity contribution < 1.29 is 19.1 Å². The first-order chi connectivity index (χ1) is 18.8. The Morgan fingerprint density at radius 1 is 0.949 bits per heavy atom. The van der Waals surface area contributed by atoms with E-state index in [0.29, 0.717) is 28.8 Å². The number of nitrogens with one attached hydrogen (secondary N) is 3. The monoisotopic (exact) mass is 544 g/mol. The largest absolute Gasteiger partial charge is 0.457 e. The summed E-state index contributed by atoms with van der Waals surface area (Å²) in [5.74, 6) is 3.92. The molecule has 4 aromatic rings. The van der Waals surface area contributed by atoms with Crippen LogP contribution in [0, 0.1) is 6.92 Å². The number of carbonyl (C=O) groups is 2. The van der Waals surface area contributed by atoms with Crippen LogP contribution in [0.5, 0.6) is 11.5 Å². The van der Waals surface area contributed by atoms with Crippen LogP contribution < -0.4 is 20.7 Å². The molecule has 1 aliphatic heterocycles. The summed E-state index contributed by atoms with van der Waals surface area (Å²) in [5, 5.41) is 13.2. The number of rotatable bonds is 7. The van der Waals surface area contributed by atoms with Crippen molar-refractivity contribution in [3.05, 3.63) is 84.2 Å². The second kappa shape index (κ2) is 11.1. The zero-order chi connectivity index (χ0) is 27.4. The van der Waals surface area contributed by atoms with Gasteiger partial charge in [0.1, 0.15) is 23.1 Å². The summed E-state index contributed by atoms with van der Waals surface area (Å²) in [6.45, 7) is 4.23. The molecule has 0 saturated carbocycles. The lowest BCUT2D eigenvalue weighted by atomic mass is 9.91. The van der Waals surface area contributed by atoms with Crippen LogP contribution in [0.1, 0.15) is 18.2 Å². The lowest BCUT2D eigenvalue weighted by molar-refractivity contribution is 0.187. The van der Waals surface area contributed by atoms with Crippen molar-refractivity contribution >= 4 is 41.2 Å². The summed E-state index contributed by atoms with van der Waals surface area (Å²) in [7, 11) is 1.27. The number of hydrogen-bond acceptors (Lipinski definition) is 7. The molecule has 1 saturated heterocycles.